The minimum atomic E-state index is -0.292. The molecule has 0 saturated carbocycles. The molecular formula is C16H23FN6O. The fraction of sp³-hybridized carbons (Fsp3) is 0.438. The maximum Gasteiger partial charge on any atom is 0.315 e. The largest absolute Gasteiger partial charge is 0.338 e. The average Bonchev–Trinajstić information content (AvgIpc) is 3.04. The molecule has 1 aromatic carbocycles. The van der Waals surface area contributed by atoms with Crippen molar-refractivity contribution < 1.29 is 9.18 Å². The first kappa shape index (κ1) is 17.9. The monoisotopic (exact) mass is 334 g/mol. The zero-order valence-electron chi connectivity index (χ0n) is 13.9. The van der Waals surface area contributed by atoms with Crippen LogP contribution >= 0.6 is 0 Å². The minimum absolute atomic E-state index is 0.212. The van der Waals surface area contributed by atoms with Crippen LogP contribution in [0.2, 0.25) is 0 Å². The molecule has 8 heteroatoms. The number of hydrogen-bond acceptors (Lipinski definition) is 4. The molecule has 0 aliphatic carbocycles. The number of rotatable bonds is 8. The van der Waals surface area contributed by atoms with Crippen molar-refractivity contribution in [2.75, 3.05) is 27.2 Å². The molecular weight excluding hydrogens is 311 g/mol. The highest BCUT2D eigenvalue weighted by molar-refractivity contribution is 5.74. The van der Waals surface area contributed by atoms with Gasteiger partial charge < -0.3 is 15.5 Å². The lowest BCUT2D eigenvalue weighted by molar-refractivity contribution is 0.232. The van der Waals surface area contributed by atoms with Gasteiger partial charge in [-0.2, -0.15) is 5.10 Å². The van der Waals surface area contributed by atoms with E-state index in [1.807, 2.05) is 19.0 Å². The Hall–Kier alpha value is -2.48. The lowest BCUT2D eigenvalue weighted by atomic mass is 10.1. The first-order valence-corrected chi connectivity index (χ1v) is 7.81. The first-order valence-electron chi connectivity index (χ1n) is 7.81. The van der Waals surface area contributed by atoms with Crippen LogP contribution in [0.15, 0.2) is 36.9 Å². The highest BCUT2D eigenvalue weighted by Gasteiger charge is 2.15. The fourth-order valence-corrected chi connectivity index (χ4v) is 2.30. The van der Waals surface area contributed by atoms with E-state index in [1.54, 1.807) is 23.1 Å². The quantitative estimate of drug-likeness (QED) is 0.716. The van der Waals surface area contributed by atoms with Gasteiger partial charge in [0.15, 0.2) is 0 Å². The van der Waals surface area contributed by atoms with Gasteiger partial charge in [-0.15, -0.1) is 0 Å². The van der Waals surface area contributed by atoms with E-state index in [2.05, 4.69) is 20.7 Å². The van der Waals surface area contributed by atoms with E-state index in [0.29, 0.717) is 19.6 Å². The van der Waals surface area contributed by atoms with E-state index in [-0.39, 0.29) is 17.9 Å². The van der Waals surface area contributed by atoms with Gasteiger partial charge in [0.2, 0.25) is 0 Å². The summed E-state index contributed by atoms with van der Waals surface area (Å²) < 4.78 is 14.8. The minimum Gasteiger partial charge on any atom is -0.338 e. The van der Waals surface area contributed by atoms with Crippen molar-refractivity contribution in [2.45, 2.75) is 19.0 Å². The Balaban J connectivity index is 1.81. The van der Waals surface area contributed by atoms with E-state index in [1.165, 1.54) is 18.5 Å². The second kappa shape index (κ2) is 8.97. The molecule has 2 N–H and O–H groups in total. The summed E-state index contributed by atoms with van der Waals surface area (Å²) in [5.74, 6) is -0.292. The van der Waals surface area contributed by atoms with E-state index < -0.39 is 0 Å². The van der Waals surface area contributed by atoms with E-state index in [9.17, 15) is 9.18 Å². The van der Waals surface area contributed by atoms with Crippen LogP contribution < -0.4 is 10.6 Å². The van der Waals surface area contributed by atoms with Crippen LogP contribution in [0.4, 0.5) is 9.18 Å². The molecule has 2 aromatic rings. The number of aromatic nitrogens is 3. The number of carbonyl (C=O) groups excluding carboxylic acids is 1. The Bertz CT molecular complexity index is 614. The van der Waals surface area contributed by atoms with Crippen LogP contribution in [0.5, 0.6) is 0 Å². The third kappa shape index (κ3) is 5.96. The molecule has 1 atom stereocenters. The number of aryl methyl sites for hydroxylation is 1. The van der Waals surface area contributed by atoms with Crippen LogP contribution in [0, 0.1) is 5.82 Å². The van der Waals surface area contributed by atoms with E-state index in [4.69, 9.17) is 0 Å². The van der Waals surface area contributed by atoms with Gasteiger partial charge in [-0.25, -0.2) is 14.2 Å². The molecule has 0 saturated heterocycles. The van der Waals surface area contributed by atoms with Crippen molar-refractivity contribution in [2.24, 2.45) is 0 Å². The summed E-state index contributed by atoms with van der Waals surface area (Å²) in [5.41, 5.74) is 0.864. The number of nitrogens with one attached hydrogen (secondary N) is 2. The molecule has 1 unspecified atom stereocenters. The van der Waals surface area contributed by atoms with Crippen molar-refractivity contribution >= 4 is 6.03 Å². The Kier molecular flexibility index (Phi) is 6.68. The molecule has 0 aliphatic heterocycles. The summed E-state index contributed by atoms with van der Waals surface area (Å²) >= 11 is 0. The van der Waals surface area contributed by atoms with Crippen LogP contribution in [-0.4, -0.2) is 52.9 Å². The zero-order valence-corrected chi connectivity index (χ0v) is 13.9. The highest BCUT2D eigenvalue weighted by atomic mass is 19.1. The molecule has 0 aliphatic rings. The molecule has 7 nitrogen and oxygen atoms in total. The summed E-state index contributed by atoms with van der Waals surface area (Å²) in [6.07, 6.45) is 3.88. The van der Waals surface area contributed by atoms with E-state index >= 15 is 0 Å². The summed E-state index contributed by atoms with van der Waals surface area (Å²) in [6.45, 7) is 1.85. The molecule has 1 aromatic heterocycles. The van der Waals surface area contributed by atoms with Gasteiger partial charge in [-0.1, -0.05) is 12.1 Å². The lowest BCUT2D eigenvalue weighted by Gasteiger charge is -2.23. The number of halogens is 1. The maximum atomic E-state index is 13.1. The van der Waals surface area contributed by atoms with E-state index in [0.717, 1.165) is 12.0 Å². The molecule has 2 rings (SSSR count). The number of likely N-dealkylation sites (N-methyl/N-ethyl adjacent to an activating group) is 1. The van der Waals surface area contributed by atoms with Gasteiger partial charge in [-0.3, -0.25) is 4.68 Å². The molecule has 0 bridgehead atoms. The summed E-state index contributed by atoms with van der Waals surface area (Å²) in [4.78, 5) is 17.9. The summed E-state index contributed by atoms with van der Waals surface area (Å²) in [5, 5.41) is 9.76. The SMILES string of the molecule is CN(C)CC(NC(=O)NCCCn1cncn1)c1ccc(F)cc1. The lowest BCUT2D eigenvalue weighted by Crippen LogP contribution is -2.41. The molecule has 24 heavy (non-hydrogen) atoms. The summed E-state index contributed by atoms with van der Waals surface area (Å²) in [6, 6.07) is 5.72. The summed E-state index contributed by atoms with van der Waals surface area (Å²) in [7, 11) is 3.85. The average molecular weight is 334 g/mol. The molecule has 0 fully saturated rings. The topological polar surface area (TPSA) is 75.1 Å². The molecule has 130 valence electrons. The molecule has 0 spiro atoms. The Morgan fingerprint density at radius 2 is 2.08 bits per heavy atom. The zero-order chi connectivity index (χ0) is 17.4. The van der Waals surface area contributed by atoms with Crippen LogP contribution in [0.25, 0.3) is 0 Å². The van der Waals surface area contributed by atoms with Gasteiger partial charge in [0.1, 0.15) is 18.5 Å². The van der Waals surface area contributed by atoms with Crippen molar-refractivity contribution in [3.05, 3.63) is 48.3 Å². The second-order valence-electron chi connectivity index (χ2n) is 5.78. The van der Waals surface area contributed by atoms with Crippen LogP contribution in [0.1, 0.15) is 18.0 Å². The fourth-order valence-electron chi connectivity index (χ4n) is 2.30. The van der Waals surface area contributed by atoms with Crippen molar-refractivity contribution in [3.8, 4) is 0 Å². The molecule has 2 amide bonds. The van der Waals surface area contributed by atoms with Gasteiger partial charge in [0, 0.05) is 19.6 Å². The van der Waals surface area contributed by atoms with Gasteiger partial charge in [0.05, 0.1) is 6.04 Å². The molecule has 0 radical (unpaired) electrons. The molecule has 1 heterocycles. The smallest absolute Gasteiger partial charge is 0.315 e. The first-order chi connectivity index (χ1) is 11.5. The Labute approximate surface area is 140 Å². The number of nitrogens with zero attached hydrogens (tertiary/aromatic N) is 4. The standard InChI is InChI=1S/C16H23FN6O/c1-22(2)10-15(13-4-6-14(17)7-5-13)21-16(24)19-8-3-9-23-12-18-11-20-23/h4-7,11-12,15H,3,8-10H2,1-2H3,(H2,19,21,24). The number of hydrogen-bond donors (Lipinski definition) is 2. The second-order valence-corrected chi connectivity index (χ2v) is 5.78. The maximum absolute atomic E-state index is 13.1. The van der Waals surface area contributed by atoms with Crippen LogP contribution in [-0.2, 0) is 6.54 Å². The van der Waals surface area contributed by atoms with Gasteiger partial charge >= 0.3 is 6.03 Å². The Morgan fingerprint density at radius 3 is 2.71 bits per heavy atom. The predicted molar refractivity (Wildman–Crippen MR) is 88.9 cm³/mol. The van der Waals surface area contributed by atoms with Crippen molar-refractivity contribution in [1.82, 2.24) is 30.3 Å². The predicted octanol–water partition coefficient (Wildman–Crippen LogP) is 1.41. The number of amides is 2. The number of benzene rings is 1. The normalized spacial score (nSPS) is 12.2. The van der Waals surface area contributed by atoms with Crippen LogP contribution in [0.3, 0.4) is 0 Å². The van der Waals surface area contributed by atoms with Crippen molar-refractivity contribution in [1.29, 1.82) is 0 Å². The third-order valence-electron chi connectivity index (χ3n) is 3.44. The van der Waals surface area contributed by atoms with Gasteiger partial charge in [0.25, 0.3) is 0 Å². The number of urea groups is 1. The number of carbonyl (C=O) groups is 1. The van der Waals surface area contributed by atoms with Crippen molar-refractivity contribution in [3.63, 3.8) is 0 Å². The third-order valence-corrected chi connectivity index (χ3v) is 3.44. The highest BCUT2D eigenvalue weighted by Crippen LogP contribution is 2.14. The van der Waals surface area contributed by atoms with Gasteiger partial charge in [-0.05, 0) is 38.2 Å². The Morgan fingerprint density at radius 1 is 1.33 bits per heavy atom.